The Morgan fingerprint density at radius 3 is 2.00 bits per heavy atom. The van der Waals surface area contributed by atoms with E-state index in [1.807, 2.05) is 5.32 Å². The van der Waals surface area contributed by atoms with Crippen LogP contribution in [-0.4, -0.2) is 34.3 Å². The van der Waals surface area contributed by atoms with Crippen molar-refractivity contribution in [2.45, 2.75) is 70.2 Å². The maximum absolute atomic E-state index is 14.3. The first kappa shape index (κ1) is 18.1. The van der Waals surface area contributed by atoms with E-state index in [1.165, 1.54) is 0 Å². The largest absolute Gasteiger partial charge is 0.423 e. The molecule has 8 heteroatoms. The fourth-order valence-electron chi connectivity index (χ4n) is 2.39. The van der Waals surface area contributed by atoms with Crippen molar-refractivity contribution in [2.75, 3.05) is 0 Å². The van der Waals surface area contributed by atoms with Crippen molar-refractivity contribution < 1.29 is 31.9 Å². The maximum atomic E-state index is 14.3. The predicted molar refractivity (Wildman–Crippen MR) is 65.8 cm³/mol. The van der Waals surface area contributed by atoms with Gasteiger partial charge in [0.15, 0.2) is 0 Å². The highest BCUT2D eigenvalue weighted by Gasteiger charge is 2.73. The number of rotatable bonds is 3. The summed E-state index contributed by atoms with van der Waals surface area (Å²) in [7, 11) is 0. The Hall–Kier alpha value is -0.920. The molecule has 1 fully saturated rings. The van der Waals surface area contributed by atoms with Crippen molar-refractivity contribution >= 4 is 5.91 Å². The van der Waals surface area contributed by atoms with E-state index in [1.54, 1.807) is 13.8 Å². The fourth-order valence-corrected chi connectivity index (χ4v) is 2.39. The van der Waals surface area contributed by atoms with Gasteiger partial charge < -0.3 is 10.4 Å². The molecule has 0 aromatic heterocycles. The standard InChI is InChI=1S/C13H20F5NO2/c1-5-9(2)6-7-10(3,19-8(9)20)12(14,15)11(4,21)13(16,17)18/h21H,5-7H2,1-4H3,(H,19,20). The van der Waals surface area contributed by atoms with Gasteiger partial charge in [0.25, 0.3) is 0 Å². The monoisotopic (exact) mass is 317 g/mol. The van der Waals surface area contributed by atoms with Gasteiger partial charge in [-0.15, -0.1) is 0 Å². The topological polar surface area (TPSA) is 49.3 Å². The molecular formula is C13H20F5NO2. The molecule has 1 aliphatic rings. The molecule has 1 heterocycles. The van der Waals surface area contributed by atoms with Crippen LogP contribution in [0.15, 0.2) is 0 Å². The molecule has 0 radical (unpaired) electrons. The van der Waals surface area contributed by atoms with E-state index >= 15 is 0 Å². The van der Waals surface area contributed by atoms with Gasteiger partial charge in [-0.2, -0.15) is 13.2 Å². The summed E-state index contributed by atoms with van der Waals surface area (Å²) in [5.74, 6) is -5.29. The van der Waals surface area contributed by atoms with E-state index in [4.69, 9.17) is 0 Å². The average Bonchev–Trinajstić information content (AvgIpc) is 2.32. The number of alkyl halides is 5. The molecule has 0 aliphatic carbocycles. The molecule has 3 unspecified atom stereocenters. The number of carbonyl (C=O) groups excluding carboxylic acids is 1. The molecule has 0 aromatic rings. The van der Waals surface area contributed by atoms with Crippen molar-refractivity contribution in [3.05, 3.63) is 0 Å². The SMILES string of the molecule is CCC1(C)CCC(C)(C(F)(F)C(C)(O)C(F)(F)F)NC1=O. The average molecular weight is 317 g/mol. The Bertz CT molecular complexity index is 435. The minimum Gasteiger partial charge on any atom is -0.376 e. The number of carbonyl (C=O) groups is 1. The van der Waals surface area contributed by atoms with E-state index < -0.39 is 34.6 Å². The number of nitrogens with one attached hydrogen (secondary N) is 1. The van der Waals surface area contributed by atoms with Gasteiger partial charge in [-0.1, -0.05) is 13.8 Å². The van der Waals surface area contributed by atoms with Crippen LogP contribution in [0.4, 0.5) is 22.0 Å². The molecular weight excluding hydrogens is 297 g/mol. The first-order valence-corrected chi connectivity index (χ1v) is 6.64. The van der Waals surface area contributed by atoms with Gasteiger partial charge >= 0.3 is 12.1 Å². The molecule has 2 N–H and O–H groups in total. The van der Waals surface area contributed by atoms with Crippen molar-refractivity contribution in [3.8, 4) is 0 Å². The highest BCUT2D eigenvalue weighted by molar-refractivity contribution is 5.84. The smallest absolute Gasteiger partial charge is 0.376 e. The normalized spacial score (nSPS) is 34.3. The molecule has 0 aromatic carbocycles. The molecule has 3 atom stereocenters. The third-order valence-electron chi connectivity index (χ3n) is 4.75. The van der Waals surface area contributed by atoms with Crippen LogP contribution in [0.5, 0.6) is 0 Å². The molecule has 1 rings (SSSR count). The van der Waals surface area contributed by atoms with E-state index in [9.17, 15) is 31.9 Å². The van der Waals surface area contributed by atoms with E-state index in [-0.39, 0.29) is 19.8 Å². The van der Waals surface area contributed by atoms with Crippen LogP contribution in [0.2, 0.25) is 0 Å². The lowest BCUT2D eigenvalue weighted by Gasteiger charge is -2.50. The number of hydrogen-bond donors (Lipinski definition) is 2. The van der Waals surface area contributed by atoms with Gasteiger partial charge in [0.2, 0.25) is 11.5 Å². The zero-order valence-electron chi connectivity index (χ0n) is 12.4. The summed E-state index contributed by atoms with van der Waals surface area (Å²) >= 11 is 0. The van der Waals surface area contributed by atoms with E-state index in [0.29, 0.717) is 6.42 Å². The maximum Gasteiger partial charge on any atom is 0.423 e. The minimum absolute atomic E-state index is 0.0232. The van der Waals surface area contributed by atoms with Gasteiger partial charge in [0.1, 0.15) is 5.54 Å². The zero-order valence-corrected chi connectivity index (χ0v) is 12.4. The van der Waals surface area contributed by atoms with Crippen molar-refractivity contribution in [3.63, 3.8) is 0 Å². The van der Waals surface area contributed by atoms with E-state index in [2.05, 4.69) is 0 Å². The van der Waals surface area contributed by atoms with Gasteiger partial charge in [-0.05, 0) is 33.1 Å². The molecule has 0 saturated carbocycles. The Morgan fingerprint density at radius 1 is 1.19 bits per heavy atom. The predicted octanol–water partition coefficient (Wildman–Crippen LogP) is 3.02. The van der Waals surface area contributed by atoms with Crippen LogP contribution >= 0.6 is 0 Å². The molecule has 1 saturated heterocycles. The van der Waals surface area contributed by atoms with Crippen molar-refractivity contribution in [1.82, 2.24) is 5.32 Å². The highest BCUT2D eigenvalue weighted by atomic mass is 19.4. The van der Waals surface area contributed by atoms with Gasteiger partial charge in [-0.3, -0.25) is 4.79 Å². The zero-order chi connectivity index (χ0) is 16.9. The van der Waals surface area contributed by atoms with Crippen LogP contribution in [0.1, 0.15) is 47.0 Å². The van der Waals surface area contributed by atoms with E-state index in [0.717, 1.165) is 6.92 Å². The number of halogens is 5. The fraction of sp³-hybridized carbons (Fsp3) is 0.923. The summed E-state index contributed by atoms with van der Waals surface area (Å²) in [4.78, 5) is 12.0. The Balaban J connectivity index is 3.18. The lowest BCUT2D eigenvalue weighted by molar-refractivity contribution is -0.341. The number of hydrogen-bond acceptors (Lipinski definition) is 2. The second-order valence-corrected chi connectivity index (χ2v) is 6.34. The molecule has 0 bridgehead atoms. The Morgan fingerprint density at radius 2 is 1.67 bits per heavy atom. The summed E-state index contributed by atoms with van der Waals surface area (Å²) in [6.07, 6.45) is -5.47. The minimum atomic E-state index is -5.52. The Kier molecular flexibility index (Phi) is 4.14. The summed E-state index contributed by atoms with van der Waals surface area (Å²) in [5, 5.41) is 11.3. The molecule has 1 amide bonds. The van der Waals surface area contributed by atoms with Gasteiger partial charge in [-0.25, -0.2) is 8.78 Å². The van der Waals surface area contributed by atoms with Gasteiger partial charge in [0.05, 0.1) is 0 Å². The summed E-state index contributed by atoms with van der Waals surface area (Å²) in [6, 6.07) is 0. The molecule has 1 aliphatic heterocycles. The second kappa shape index (κ2) is 4.79. The number of amides is 1. The number of aliphatic hydroxyl groups is 1. The third-order valence-corrected chi connectivity index (χ3v) is 4.75. The van der Waals surface area contributed by atoms with Crippen molar-refractivity contribution in [2.24, 2.45) is 5.41 Å². The highest BCUT2D eigenvalue weighted by Crippen LogP contribution is 2.51. The molecule has 0 spiro atoms. The van der Waals surface area contributed by atoms with Crippen molar-refractivity contribution in [1.29, 1.82) is 0 Å². The lowest BCUT2D eigenvalue weighted by Crippen LogP contribution is -2.73. The Labute approximate surface area is 119 Å². The summed E-state index contributed by atoms with van der Waals surface area (Å²) in [6.45, 7) is 4.13. The van der Waals surface area contributed by atoms with Crippen LogP contribution in [-0.2, 0) is 4.79 Å². The third kappa shape index (κ3) is 2.51. The molecule has 124 valence electrons. The first-order valence-electron chi connectivity index (χ1n) is 6.64. The molecule has 21 heavy (non-hydrogen) atoms. The van der Waals surface area contributed by atoms with Gasteiger partial charge in [0, 0.05) is 5.41 Å². The quantitative estimate of drug-likeness (QED) is 0.786. The van der Waals surface area contributed by atoms with Crippen LogP contribution in [0.25, 0.3) is 0 Å². The molecule has 3 nitrogen and oxygen atoms in total. The summed E-state index contributed by atoms with van der Waals surface area (Å²) in [5.41, 5.74) is -7.58. The van der Waals surface area contributed by atoms with Crippen LogP contribution in [0, 0.1) is 5.41 Å². The second-order valence-electron chi connectivity index (χ2n) is 6.34. The lowest BCUT2D eigenvalue weighted by atomic mass is 9.69. The number of piperidine rings is 1. The first-order chi connectivity index (χ1) is 9.15. The van der Waals surface area contributed by atoms with Crippen LogP contribution < -0.4 is 5.32 Å². The summed E-state index contributed by atoms with van der Waals surface area (Å²) < 4.78 is 66.8. The van der Waals surface area contributed by atoms with Crippen LogP contribution in [0.3, 0.4) is 0 Å².